The minimum absolute atomic E-state index is 0.648. The summed E-state index contributed by atoms with van der Waals surface area (Å²) in [6.45, 7) is 14.1. The molecule has 0 spiro atoms. The number of rotatable bonds is 3. The van der Waals surface area contributed by atoms with Gasteiger partial charge in [0.2, 0.25) is 0 Å². The van der Waals surface area contributed by atoms with Gasteiger partial charge in [0.15, 0.2) is 0 Å². The van der Waals surface area contributed by atoms with Gasteiger partial charge in [0.05, 0.1) is 0 Å². The van der Waals surface area contributed by atoms with Crippen LogP contribution >= 0.6 is 0 Å². The Morgan fingerprint density at radius 1 is 1.17 bits per heavy atom. The van der Waals surface area contributed by atoms with E-state index in [1.807, 2.05) is 26.0 Å². The normalized spacial score (nSPS) is 11.3. The van der Waals surface area contributed by atoms with Crippen molar-refractivity contribution in [3.63, 3.8) is 0 Å². The summed E-state index contributed by atoms with van der Waals surface area (Å²) in [6.07, 6.45) is 7.85. The molecule has 0 aromatic rings. The Hall–Kier alpha value is -0.780. The Labute approximate surface area is 77.7 Å². The summed E-state index contributed by atoms with van der Waals surface area (Å²) in [4.78, 5) is 0. The number of allylic oxidation sites excluding steroid dienone is 5. The maximum Gasteiger partial charge on any atom is -0.0260 e. The van der Waals surface area contributed by atoms with Crippen LogP contribution < -0.4 is 0 Å². The van der Waals surface area contributed by atoms with Crippen LogP contribution in [-0.2, 0) is 0 Å². The molecule has 0 aliphatic carbocycles. The first-order chi connectivity index (χ1) is 5.68. The Bertz CT molecular complexity index is 147. The molecule has 70 valence electrons. The molecule has 0 aliphatic rings. The Kier molecular flexibility index (Phi) is 11.7. The lowest BCUT2D eigenvalue weighted by atomic mass is 10.1. The van der Waals surface area contributed by atoms with E-state index in [-0.39, 0.29) is 0 Å². The van der Waals surface area contributed by atoms with Crippen LogP contribution in [0.15, 0.2) is 36.5 Å². The van der Waals surface area contributed by atoms with Crippen LogP contribution in [0.3, 0.4) is 0 Å². The fraction of sp³-hybridized carbons (Fsp3) is 0.500. The SMILES string of the molecule is C=C/C=C\C=C(/C)C(C)C.CC. The smallest absolute Gasteiger partial charge is 0.0260 e. The highest BCUT2D eigenvalue weighted by Gasteiger charge is 1.91. The van der Waals surface area contributed by atoms with E-state index in [0.717, 1.165) is 0 Å². The molecule has 0 nitrogen and oxygen atoms in total. The van der Waals surface area contributed by atoms with Crippen molar-refractivity contribution in [1.29, 1.82) is 0 Å². The number of hydrogen-bond acceptors (Lipinski definition) is 0. The summed E-state index contributed by atoms with van der Waals surface area (Å²) in [5.74, 6) is 0.648. The van der Waals surface area contributed by atoms with Crippen LogP contribution in [0.4, 0.5) is 0 Å². The summed E-state index contributed by atoms with van der Waals surface area (Å²) >= 11 is 0. The Morgan fingerprint density at radius 2 is 1.67 bits per heavy atom. The van der Waals surface area contributed by atoms with E-state index in [1.54, 1.807) is 6.08 Å². The molecule has 12 heavy (non-hydrogen) atoms. The Morgan fingerprint density at radius 3 is 2.00 bits per heavy atom. The van der Waals surface area contributed by atoms with Gasteiger partial charge in [-0.05, 0) is 12.8 Å². The van der Waals surface area contributed by atoms with E-state index in [4.69, 9.17) is 0 Å². The van der Waals surface area contributed by atoms with Gasteiger partial charge in [0, 0.05) is 0 Å². The van der Waals surface area contributed by atoms with Crippen LogP contribution in [0.5, 0.6) is 0 Å². The monoisotopic (exact) mass is 166 g/mol. The molecule has 0 saturated heterocycles. The molecule has 0 aromatic carbocycles. The second-order valence-corrected chi connectivity index (χ2v) is 2.69. The maximum atomic E-state index is 3.59. The van der Waals surface area contributed by atoms with E-state index >= 15 is 0 Å². The fourth-order valence-electron chi connectivity index (χ4n) is 0.478. The van der Waals surface area contributed by atoms with E-state index in [2.05, 4.69) is 33.4 Å². The van der Waals surface area contributed by atoms with E-state index in [0.29, 0.717) is 5.92 Å². The van der Waals surface area contributed by atoms with Crippen molar-refractivity contribution in [3.8, 4) is 0 Å². The van der Waals surface area contributed by atoms with Gasteiger partial charge in [-0.15, -0.1) is 0 Å². The van der Waals surface area contributed by atoms with Gasteiger partial charge < -0.3 is 0 Å². The standard InChI is InChI=1S/C10H16.C2H6/c1-5-6-7-8-10(4)9(2)3;1-2/h5-9H,1H2,2-4H3;1-2H3/b7-6-,10-8+;. The van der Waals surface area contributed by atoms with Crippen molar-refractivity contribution >= 4 is 0 Å². The van der Waals surface area contributed by atoms with Crippen LogP contribution in [0.25, 0.3) is 0 Å². The van der Waals surface area contributed by atoms with E-state index < -0.39 is 0 Å². The molecule has 0 bridgehead atoms. The van der Waals surface area contributed by atoms with Crippen LogP contribution in [-0.4, -0.2) is 0 Å². The van der Waals surface area contributed by atoms with Gasteiger partial charge in [-0.1, -0.05) is 64.2 Å². The van der Waals surface area contributed by atoms with Gasteiger partial charge in [-0.25, -0.2) is 0 Å². The average Bonchev–Trinajstić information content (AvgIpc) is 2.08. The number of hydrogen-bond donors (Lipinski definition) is 0. The highest BCUT2D eigenvalue weighted by Crippen LogP contribution is 2.06. The minimum Gasteiger partial charge on any atom is -0.0991 e. The molecule has 0 heteroatoms. The second kappa shape index (κ2) is 10.2. The minimum atomic E-state index is 0.648. The molecule has 0 rings (SSSR count). The Balaban J connectivity index is 0. The third-order valence-electron chi connectivity index (χ3n) is 1.52. The zero-order valence-electron chi connectivity index (χ0n) is 9.09. The summed E-state index contributed by atoms with van der Waals surface area (Å²) in [7, 11) is 0. The molecule has 0 radical (unpaired) electrons. The van der Waals surface area contributed by atoms with E-state index in [9.17, 15) is 0 Å². The zero-order valence-corrected chi connectivity index (χ0v) is 9.09. The maximum absolute atomic E-state index is 3.59. The largest absolute Gasteiger partial charge is 0.0991 e. The fourth-order valence-corrected chi connectivity index (χ4v) is 0.478. The highest BCUT2D eigenvalue weighted by molar-refractivity contribution is 5.15. The van der Waals surface area contributed by atoms with Crippen LogP contribution in [0, 0.1) is 5.92 Å². The lowest BCUT2D eigenvalue weighted by Crippen LogP contribution is -1.86. The van der Waals surface area contributed by atoms with Crippen LogP contribution in [0.2, 0.25) is 0 Å². The topological polar surface area (TPSA) is 0 Å². The summed E-state index contributed by atoms with van der Waals surface area (Å²) < 4.78 is 0. The molecule has 0 saturated carbocycles. The molecule has 0 unspecified atom stereocenters. The molecule has 0 aliphatic heterocycles. The van der Waals surface area contributed by atoms with Crippen molar-refractivity contribution in [3.05, 3.63) is 36.5 Å². The second-order valence-electron chi connectivity index (χ2n) is 2.69. The first kappa shape index (κ1) is 13.8. The molecular weight excluding hydrogens is 144 g/mol. The lowest BCUT2D eigenvalue weighted by molar-refractivity contribution is 0.769. The predicted molar refractivity (Wildman–Crippen MR) is 59.3 cm³/mol. The average molecular weight is 166 g/mol. The first-order valence-electron chi connectivity index (χ1n) is 4.64. The van der Waals surface area contributed by atoms with Crippen molar-refractivity contribution in [1.82, 2.24) is 0 Å². The van der Waals surface area contributed by atoms with Gasteiger partial charge in [-0.2, -0.15) is 0 Å². The predicted octanol–water partition coefficient (Wildman–Crippen LogP) is 4.36. The van der Waals surface area contributed by atoms with Crippen molar-refractivity contribution < 1.29 is 0 Å². The van der Waals surface area contributed by atoms with Gasteiger partial charge in [-0.3, -0.25) is 0 Å². The lowest BCUT2D eigenvalue weighted by Gasteiger charge is -2.01. The molecule has 0 atom stereocenters. The molecule has 0 fully saturated rings. The summed E-state index contributed by atoms with van der Waals surface area (Å²) in [5.41, 5.74) is 1.40. The molecule has 0 amide bonds. The third-order valence-corrected chi connectivity index (χ3v) is 1.52. The van der Waals surface area contributed by atoms with Gasteiger partial charge in [0.1, 0.15) is 0 Å². The zero-order chi connectivity index (χ0) is 9.98. The van der Waals surface area contributed by atoms with E-state index in [1.165, 1.54) is 5.57 Å². The van der Waals surface area contributed by atoms with Crippen molar-refractivity contribution in [2.75, 3.05) is 0 Å². The molecule has 0 heterocycles. The van der Waals surface area contributed by atoms with Crippen molar-refractivity contribution in [2.45, 2.75) is 34.6 Å². The van der Waals surface area contributed by atoms with Gasteiger partial charge >= 0.3 is 0 Å². The highest BCUT2D eigenvalue weighted by atomic mass is 14.0. The van der Waals surface area contributed by atoms with Crippen LogP contribution in [0.1, 0.15) is 34.6 Å². The van der Waals surface area contributed by atoms with Crippen molar-refractivity contribution in [2.24, 2.45) is 5.92 Å². The third kappa shape index (κ3) is 9.22. The molecule has 0 N–H and O–H groups in total. The summed E-state index contributed by atoms with van der Waals surface area (Å²) in [6, 6.07) is 0. The first-order valence-corrected chi connectivity index (χ1v) is 4.64. The quantitative estimate of drug-likeness (QED) is 0.546. The van der Waals surface area contributed by atoms with Gasteiger partial charge in [0.25, 0.3) is 0 Å². The molecular formula is C12H22. The summed E-state index contributed by atoms with van der Waals surface area (Å²) in [5, 5.41) is 0. The molecule has 0 aromatic heterocycles.